The zero-order valence-electron chi connectivity index (χ0n) is 7.20. The average Bonchev–Trinajstić information content (AvgIpc) is 2.13. The molecule has 1 saturated carbocycles. The molecule has 1 aliphatic rings. The third kappa shape index (κ3) is 1.34. The third-order valence-corrected chi connectivity index (χ3v) is 2.58. The molecule has 1 unspecified atom stereocenters. The van der Waals surface area contributed by atoms with E-state index in [0.29, 0.717) is 11.3 Å². The summed E-state index contributed by atoms with van der Waals surface area (Å²) in [6, 6.07) is 0. The summed E-state index contributed by atoms with van der Waals surface area (Å²) in [6.45, 7) is 6.60. The zero-order valence-corrected chi connectivity index (χ0v) is 7.20. The van der Waals surface area contributed by atoms with Gasteiger partial charge >= 0.3 is 0 Å². The van der Waals surface area contributed by atoms with Gasteiger partial charge in [-0.05, 0) is 25.2 Å². The highest BCUT2D eigenvalue weighted by Crippen LogP contribution is 2.41. The van der Waals surface area contributed by atoms with E-state index in [0.717, 1.165) is 0 Å². The summed E-state index contributed by atoms with van der Waals surface area (Å²) in [7, 11) is 0. The van der Waals surface area contributed by atoms with Crippen molar-refractivity contribution in [2.75, 3.05) is 0 Å². The van der Waals surface area contributed by atoms with Gasteiger partial charge in [-0.3, -0.25) is 0 Å². The Labute approximate surface area is 64.0 Å². The average molecular weight is 136 g/mol. The Hall–Kier alpha value is -0.440. The molecule has 0 aliphatic heterocycles. The maximum absolute atomic E-state index is 3.28. The van der Waals surface area contributed by atoms with Crippen LogP contribution in [0.4, 0.5) is 0 Å². The van der Waals surface area contributed by atoms with Crippen molar-refractivity contribution < 1.29 is 0 Å². The first-order chi connectivity index (χ1) is 4.67. The van der Waals surface area contributed by atoms with Crippen LogP contribution in [0.25, 0.3) is 0 Å². The lowest BCUT2D eigenvalue weighted by Gasteiger charge is -2.21. The van der Waals surface area contributed by atoms with Gasteiger partial charge in [0.15, 0.2) is 0 Å². The summed E-state index contributed by atoms with van der Waals surface area (Å²) in [5, 5.41) is 0. The van der Waals surface area contributed by atoms with E-state index < -0.39 is 0 Å². The van der Waals surface area contributed by atoms with Crippen LogP contribution in [0, 0.1) is 23.2 Å². The summed E-state index contributed by atoms with van der Waals surface area (Å²) < 4.78 is 0. The molecule has 0 bridgehead atoms. The Morgan fingerprint density at radius 2 is 2.10 bits per heavy atom. The van der Waals surface area contributed by atoms with E-state index >= 15 is 0 Å². The molecule has 0 nitrogen and oxygen atoms in total. The van der Waals surface area contributed by atoms with Crippen molar-refractivity contribution in [1.29, 1.82) is 0 Å². The molecule has 0 radical (unpaired) electrons. The smallest absolute Gasteiger partial charge is 0.0253 e. The van der Waals surface area contributed by atoms with Crippen molar-refractivity contribution in [2.24, 2.45) is 11.3 Å². The van der Waals surface area contributed by atoms with Crippen LogP contribution in [0.1, 0.15) is 40.0 Å². The van der Waals surface area contributed by atoms with Crippen LogP contribution >= 0.6 is 0 Å². The molecule has 0 aromatic rings. The highest BCUT2D eigenvalue weighted by atomic mass is 14.4. The molecule has 10 heavy (non-hydrogen) atoms. The summed E-state index contributed by atoms with van der Waals surface area (Å²) in [4.78, 5) is 0. The van der Waals surface area contributed by atoms with Gasteiger partial charge in [-0.25, -0.2) is 0 Å². The van der Waals surface area contributed by atoms with Crippen LogP contribution in [0.15, 0.2) is 0 Å². The standard InChI is InChI=1S/C10H16/c1-4-6-9-7-5-8-10(9,2)3/h9H,5,7-8H2,1-3H3. The van der Waals surface area contributed by atoms with E-state index in [1.54, 1.807) is 0 Å². The Balaban J connectivity index is 2.65. The predicted molar refractivity (Wildman–Crippen MR) is 44.6 cm³/mol. The lowest BCUT2D eigenvalue weighted by molar-refractivity contribution is 0.318. The second kappa shape index (κ2) is 2.66. The highest BCUT2D eigenvalue weighted by molar-refractivity contribution is 5.08. The minimum Gasteiger partial charge on any atom is -0.106 e. The van der Waals surface area contributed by atoms with E-state index in [1.165, 1.54) is 19.3 Å². The predicted octanol–water partition coefficient (Wildman–Crippen LogP) is 2.84. The fraction of sp³-hybridized carbons (Fsp3) is 0.800. The van der Waals surface area contributed by atoms with Gasteiger partial charge in [-0.2, -0.15) is 0 Å². The minimum absolute atomic E-state index is 0.489. The van der Waals surface area contributed by atoms with E-state index in [4.69, 9.17) is 0 Å². The molecule has 0 spiro atoms. The molecule has 1 fully saturated rings. The van der Waals surface area contributed by atoms with E-state index in [9.17, 15) is 0 Å². The molecule has 0 heterocycles. The molecular formula is C10H16. The minimum atomic E-state index is 0.489. The second-order valence-corrected chi connectivity index (χ2v) is 3.83. The van der Waals surface area contributed by atoms with Crippen molar-refractivity contribution in [3.05, 3.63) is 0 Å². The summed E-state index contributed by atoms with van der Waals surface area (Å²) in [6.07, 6.45) is 4.03. The number of hydrogen-bond acceptors (Lipinski definition) is 0. The first-order valence-electron chi connectivity index (χ1n) is 4.09. The third-order valence-electron chi connectivity index (χ3n) is 2.58. The van der Waals surface area contributed by atoms with Crippen LogP contribution in [-0.4, -0.2) is 0 Å². The molecule has 56 valence electrons. The quantitative estimate of drug-likeness (QED) is 0.449. The normalized spacial score (nSPS) is 29.3. The molecule has 0 heteroatoms. The van der Waals surface area contributed by atoms with Crippen molar-refractivity contribution in [2.45, 2.75) is 40.0 Å². The van der Waals surface area contributed by atoms with Gasteiger partial charge in [0.25, 0.3) is 0 Å². The Morgan fingerprint density at radius 1 is 1.40 bits per heavy atom. The molecule has 0 N–H and O–H groups in total. The Bertz CT molecular complexity index is 166. The van der Waals surface area contributed by atoms with Gasteiger partial charge in [-0.15, -0.1) is 5.92 Å². The van der Waals surface area contributed by atoms with Crippen molar-refractivity contribution in [3.63, 3.8) is 0 Å². The van der Waals surface area contributed by atoms with Crippen molar-refractivity contribution in [3.8, 4) is 11.8 Å². The zero-order chi connectivity index (χ0) is 7.61. The van der Waals surface area contributed by atoms with Crippen LogP contribution in [0.2, 0.25) is 0 Å². The fourth-order valence-electron chi connectivity index (χ4n) is 1.77. The Morgan fingerprint density at radius 3 is 2.50 bits per heavy atom. The summed E-state index contributed by atoms with van der Waals surface area (Å²) in [5.41, 5.74) is 0.489. The van der Waals surface area contributed by atoms with Gasteiger partial charge in [0.2, 0.25) is 0 Å². The maximum atomic E-state index is 3.28. The largest absolute Gasteiger partial charge is 0.106 e. The lowest BCUT2D eigenvalue weighted by atomic mass is 9.82. The monoisotopic (exact) mass is 136 g/mol. The number of rotatable bonds is 0. The second-order valence-electron chi connectivity index (χ2n) is 3.83. The molecular weight excluding hydrogens is 120 g/mol. The molecule has 0 saturated heterocycles. The SMILES string of the molecule is CC#CC1CCCC1(C)C. The van der Waals surface area contributed by atoms with E-state index in [-0.39, 0.29) is 0 Å². The van der Waals surface area contributed by atoms with Crippen LogP contribution in [0.5, 0.6) is 0 Å². The van der Waals surface area contributed by atoms with Crippen LogP contribution in [0.3, 0.4) is 0 Å². The van der Waals surface area contributed by atoms with Gasteiger partial charge in [0.1, 0.15) is 0 Å². The summed E-state index contributed by atoms with van der Waals surface area (Å²) >= 11 is 0. The maximum Gasteiger partial charge on any atom is 0.0253 e. The number of hydrogen-bond donors (Lipinski definition) is 0. The Kier molecular flexibility index (Phi) is 2.04. The van der Waals surface area contributed by atoms with Crippen molar-refractivity contribution >= 4 is 0 Å². The highest BCUT2D eigenvalue weighted by Gasteiger charge is 2.32. The van der Waals surface area contributed by atoms with Crippen LogP contribution in [-0.2, 0) is 0 Å². The lowest BCUT2D eigenvalue weighted by Crippen LogP contribution is -2.15. The van der Waals surface area contributed by atoms with E-state index in [1.807, 2.05) is 6.92 Å². The molecule has 1 rings (SSSR count). The van der Waals surface area contributed by atoms with Gasteiger partial charge in [0, 0.05) is 5.92 Å². The fourth-order valence-corrected chi connectivity index (χ4v) is 1.77. The topological polar surface area (TPSA) is 0 Å². The first-order valence-corrected chi connectivity index (χ1v) is 4.09. The first kappa shape index (κ1) is 7.66. The van der Waals surface area contributed by atoms with Crippen molar-refractivity contribution in [1.82, 2.24) is 0 Å². The van der Waals surface area contributed by atoms with Gasteiger partial charge in [0.05, 0.1) is 0 Å². The van der Waals surface area contributed by atoms with Gasteiger partial charge in [-0.1, -0.05) is 26.2 Å². The van der Waals surface area contributed by atoms with E-state index in [2.05, 4.69) is 25.7 Å². The molecule has 0 aromatic heterocycles. The molecule has 1 aliphatic carbocycles. The summed E-state index contributed by atoms with van der Waals surface area (Å²) in [5.74, 6) is 6.96. The molecule has 0 aromatic carbocycles. The van der Waals surface area contributed by atoms with Gasteiger partial charge < -0.3 is 0 Å². The molecule has 1 atom stereocenters. The van der Waals surface area contributed by atoms with Crippen LogP contribution < -0.4 is 0 Å². The molecule has 0 amide bonds.